The Morgan fingerprint density at radius 1 is 1.60 bits per heavy atom. The van der Waals surface area contributed by atoms with Crippen LogP contribution >= 0.6 is 15.9 Å². The van der Waals surface area contributed by atoms with Crippen LogP contribution in [0.5, 0.6) is 0 Å². The van der Waals surface area contributed by atoms with Crippen LogP contribution < -0.4 is 4.90 Å². The number of anilines is 1. The summed E-state index contributed by atoms with van der Waals surface area (Å²) in [6.45, 7) is 4.18. The third-order valence-electron chi connectivity index (χ3n) is 2.76. The highest BCUT2D eigenvalue weighted by atomic mass is 79.9. The second-order valence-electron chi connectivity index (χ2n) is 3.61. The zero-order chi connectivity index (χ0) is 11.2. The van der Waals surface area contributed by atoms with Gasteiger partial charge in [0.1, 0.15) is 5.82 Å². The topological polar surface area (TPSA) is 20.3 Å². The van der Waals surface area contributed by atoms with Crippen molar-refractivity contribution >= 4 is 27.5 Å². The molecule has 0 aliphatic carbocycles. The van der Waals surface area contributed by atoms with Gasteiger partial charge >= 0.3 is 0 Å². The van der Waals surface area contributed by atoms with E-state index in [-0.39, 0.29) is 11.7 Å². The number of carbonyl (C=O) groups is 1. The van der Waals surface area contributed by atoms with E-state index in [1.165, 1.54) is 6.07 Å². The quantitative estimate of drug-likeness (QED) is 0.769. The zero-order valence-corrected chi connectivity index (χ0v) is 10.2. The molecule has 1 aromatic rings. The van der Waals surface area contributed by atoms with Crippen LogP contribution in [-0.4, -0.2) is 12.5 Å². The monoisotopic (exact) mass is 271 g/mol. The highest BCUT2D eigenvalue weighted by molar-refractivity contribution is 9.10. The molecular weight excluding hydrogens is 261 g/mol. The summed E-state index contributed by atoms with van der Waals surface area (Å²) in [6, 6.07) is 1.45. The summed E-state index contributed by atoms with van der Waals surface area (Å²) in [4.78, 5) is 13.2. The molecule has 0 N–H and O–H groups in total. The van der Waals surface area contributed by atoms with Crippen molar-refractivity contribution in [3.8, 4) is 0 Å². The minimum Gasteiger partial charge on any atom is -0.312 e. The van der Waals surface area contributed by atoms with Crippen molar-refractivity contribution in [3.05, 3.63) is 27.5 Å². The average molecular weight is 272 g/mol. The Morgan fingerprint density at radius 3 is 2.87 bits per heavy atom. The van der Waals surface area contributed by atoms with Gasteiger partial charge in [0.2, 0.25) is 5.91 Å². The first kappa shape index (κ1) is 10.6. The van der Waals surface area contributed by atoms with Crippen molar-refractivity contribution in [1.29, 1.82) is 0 Å². The van der Waals surface area contributed by atoms with Gasteiger partial charge in [0.15, 0.2) is 0 Å². The van der Waals surface area contributed by atoms with Crippen molar-refractivity contribution in [1.82, 2.24) is 0 Å². The molecule has 1 aliphatic rings. The number of hydrogen-bond acceptors (Lipinski definition) is 1. The lowest BCUT2D eigenvalue weighted by molar-refractivity contribution is -0.117. The van der Waals surface area contributed by atoms with Gasteiger partial charge in [0.25, 0.3) is 0 Å². The molecule has 1 aromatic carbocycles. The van der Waals surface area contributed by atoms with E-state index in [4.69, 9.17) is 0 Å². The SMILES string of the molecule is CCN1C(=O)Cc2c1cc(F)c(C)c2Br. The fourth-order valence-corrected chi connectivity index (χ4v) is 2.43. The minimum atomic E-state index is -0.270. The number of fused-ring (bicyclic) bond motifs is 1. The fraction of sp³-hybridized carbons (Fsp3) is 0.364. The Morgan fingerprint density at radius 2 is 2.27 bits per heavy atom. The first-order valence-electron chi connectivity index (χ1n) is 4.84. The molecule has 0 spiro atoms. The lowest BCUT2D eigenvalue weighted by Gasteiger charge is -2.15. The summed E-state index contributed by atoms with van der Waals surface area (Å²) in [7, 11) is 0. The van der Waals surface area contributed by atoms with Gasteiger partial charge in [-0.15, -0.1) is 0 Å². The van der Waals surface area contributed by atoms with Crippen LogP contribution in [0.2, 0.25) is 0 Å². The number of rotatable bonds is 1. The van der Waals surface area contributed by atoms with E-state index in [9.17, 15) is 9.18 Å². The van der Waals surface area contributed by atoms with E-state index in [1.807, 2.05) is 6.92 Å². The number of carbonyl (C=O) groups excluding carboxylic acids is 1. The summed E-state index contributed by atoms with van der Waals surface area (Å²) >= 11 is 3.35. The van der Waals surface area contributed by atoms with Gasteiger partial charge in [-0.3, -0.25) is 4.79 Å². The van der Waals surface area contributed by atoms with Gasteiger partial charge in [0.05, 0.1) is 12.1 Å². The molecule has 1 amide bonds. The molecule has 2 rings (SSSR count). The summed E-state index contributed by atoms with van der Waals surface area (Å²) in [5, 5.41) is 0. The van der Waals surface area contributed by atoms with Gasteiger partial charge in [-0.25, -0.2) is 4.39 Å². The maximum absolute atomic E-state index is 13.5. The molecule has 0 saturated carbocycles. The molecule has 80 valence electrons. The predicted octanol–water partition coefficient (Wildman–Crippen LogP) is 2.81. The number of hydrogen-bond donors (Lipinski definition) is 0. The Labute approximate surface area is 96.2 Å². The summed E-state index contributed by atoms with van der Waals surface area (Å²) in [5.41, 5.74) is 2.18. The van der Waals surface area contributed by atoms with Gasteiger partial charge in [-0.2, -0.15) is 0 Å². The van der Waals surface area contributed by atoms with Gasteiger partial charge < -0.3 is 4.90 Å². The largest absolute Gasteiger partial charge is 0.312 e. The van der Waals surface area contributed by atoms with Crippen LogP contribution in [0.1, 0.15) is 18.1 Å². The van der Waals surface area contributed by atoms with Crippen LogP contribution in [-0.2, 0) is 11.2 Å². The van der Waals surface area contributed by atoms with E-state index in [2.05, 4.69) is 15.9 Å². The molecule has 4 heteroatoms. The number of halogens is 2. The lowest BCUT2D eigenvalue weighted by Crippen LogP contribution is -2.25. The molecule has 1 heterocycles. The van der Waals surface area contributed by atoms with E-state index in [1.54, 1.807) is 11.8 Å². The molecule has 0 atom stereocenters. The molecule has 0 fully saturated rings. The Hall–Kier alpha value is -0.900. The average Bonchev–Trinajstić information content (AvgIpc) is 2.51. The zero-order valence-electron chi connectivity index (χ0n) is 8.60. The number of nitrogens with zero attached hydrogens (tertiary/aromatic N) is 1. The maximum atomic E-state index is 13.5. The van der Waals surface area contributed by atoms with Crippen LogP contribution in [0, 0.1) is 12.7 Å². The van der Waals surface area contributed by atoms with E-state index < -0.39 is 0 Å². The highest BCUT2D eigenvalue weighted by Crippen LogP contribution is 2.37. The van der Waals surface area contributed by atoms with Crippen LogP contribution in [0.15, 0.2) is 10.5 Å². The lowest BCUT2D eigenvalue weighted by atomic mass is 10.1. The Kier molecular flexibility index (Phi) is 2.54. The van der Waals surface area contributed by atoms with E-state index in [0.29, 0.717) is 24.2 Å². The van der Waals surface area contributed by atoms with E-state index in [0.717, 1.165) is 10.0 Å². The van der Waals surface area contributed by atoms with Crippen LogP contribution in [0.25, 0.3) is 0 Å². The first-order valence-corrected chi connectivity index (χ1v) is 5.63. The normalized spacial score (nSPS) is 14.7. The van der Waals surface area contributed by atoms with Crippen LogP contribution in [0.3, 0.4) is 0 Å². The molecule has 0 bridgehead atoms. The Balaban J connectivity index is 2.64. The molecule has 0 radical (unpaired) electrons. The Bertz CT molecular complexity index is 445. The fourth-order valence-electron chi connectivity index (χ4n) is 1.90. The minimum absolute atomic E-state index is 0.0400. The van der Waals surface area contributed by atoms with Gasteiger partial charge in [-0.1, -0.05) is 15.9 Å². The summed E-state index contributed by atoms with van der Waals surface area (Å²) in [5.74, 6) is -0.230. The second-order valence-corrected chi connectivity index (χ2v) is 4.40. The highest BCUT2D eigenvalue weighted by Gasteiger charge is 2.29. The van der Waals surface area contributed by atoms with Gasteiger partial charge in [0, 0.05) is 11.0 Å². The standard InChI is InChI=1S/C11H11BrFNO/c1-3-14-9-5-8(13)6(2)11(12)7(9)4-10(14)15/h5H,3-4H2,1-2H3. The van der Waals surface area contributed by atoms with Crippen molar-refractivity contribution in [2.75, 3.05) is 11.4 Å². The van der Waals surface area contributed by atoms with Gasteiger partial charge in [-0.05, 0) is 31.0 Å². The third-order valence-corrected chi connectivity index (χ3v) is 3.83. The summed E-state index contributed by atoms with van der Waals surface area (Å²) < 4.78 is 14.2. The number of amides is 1. The number of benzene rings is 1. The predicted molar refractivity (Wildman–Crippen MR) is 60.6 cm³/mol. The van der Waals surface area contributed by atoms with Crippen molar-refractivity contribution in [2.24, 2.45) is 0 Å². The molecule has 1 aliphatic heterocycles. The summed E-state index contributed by atoms with van der Waals surface area (Å²) in [6.07, 6.45) is 0.366. The van der Waals surface area contributed by atoms with E-state index >= 15 is 0 Å². The second kappa shape index (κ2) is 3.59. The van der Waals surface area contributed by atoms with Crippen molar-refractivity contribution in [2.45, 2.75) is 20.3 Å². The number of likely N-dealkylation sites (N-methyl/N-ethyl adjacent to an activating group) is 1. The van der Waals surface area contributed by atoms with Crippen LogP contribution in [0.4, 0.5) is 10.1 Å². The third kappa shape index (κ3) is 1.47. The maximum Gasteiger partial charge on any atom is 0.231 e. The molecular formula is C11H11BrFNO. The molecule has 0 saturated heterocycles. The first-order chi connectivity index (χ1) is 7.06. The van der Waals surface area contributed by atoms with Crippen molar-refractivity contribution < 1.29 is 9.18 Å². The molecule has 0 unspecified atom stereocenters. The molecule has 2 nitrogen and oxygen atoms in total. The smallest absolute Gasteiger partial charge is 0.231 e. The molecule has 15 heavy (non-hydrogen) atoms. The molecule has 0 aromatic heterocycles. The van der Waals surface area contributed by atoms with Crippen molar-refractivity contribution in [3.63, 3.8) is 0 Å².